The minimum Gasteiger partial charge on any atom is -0.494 e. The summed E-state index contributed by atoms with van der Waals surface area (Å²) in [5, 5.41) is 16.2. The lowest BCUT2D eigenvalue weighted by molar-refractivity contribution is 0.0977. The molecular weight excluding hydrogens is 390 g/mol. The summed E-state index contributed by atoms with van der Waals surface area (Å²) >= 11 is 6.87. The summed E-state index contributed by atoms with van der Waals surface area (Å²) < 4.78 is 5.57. The number of nitrogens with zero attached hydrogens (tertiary/aromatic N) is 1. The van der Waals surface area contributed by atoms with Gasteiger partial charge in [0.05, 0.1) is 12.2 Å². The van der Waals surface area contributed by atoms with E-state index < -0.39 is 0 Å². The fraction of sp³-hybridized carbons (Fsp3) is 0.381. The van der Waals surface area contributed by atoms with E-state index in [2.05, 4.69) is 23.6 Å². The number of nitrogens with one attached hydrogen (secondary N) is 2. The molecule has 0 fully saturated rings. The zero-order chi connectivity index (χ0) is 20.1. The number of amides is 1. The SMILES string of the molecule is CCCOc1cccc(C(=O)NC(=S)Nc2sc3c(c2C#N)CC[C@H](C)C3)c1. The van der Waals surface area contributed by atoms with Gasteiger partial charge in [-0.2, -0.15) is 5.26 Å². The van der Waals surface area contributed by atoms with Crippen LogP contribution in [0.3, 0.4) is 0 Å². The normalized spacial score (nSPS) is 15.2. The number of nitriles is 1. The Balaban J connectivity index is 1.68. The summed E-state index contributed by atoms with van der Waals surface area (Å²) in [4.78, 5) is 13.8. The fourth-order valence-electron chi connectivity index (χ4n) is 3.21. The van der Waals surface area contributed by atoms with Crippen LogP contribution < -0.4 is 15.4 Å². The van der Waals surface area contributed by atoms with Gasteiger partial charge in [-0.1, -0.05) is 19.9 Å². The number of thiocarbonyl (C=S) groups is 1. The molecular formula is C21H23N3O2S2. The van der Waals surface area contributed by atoms with Gasteiger partial charge in [0.15, 0.2) is 5.11 Å². The first kappa shape index (κ1) is 20.3. The van der Waals surface area contributed by atoms with E-state index in [0.717, 1.165) is 31.2 Å². The Labute approximate surface area is 174 Å². The highest BCUT2D eigenvalue weighted by Crippen LogP contribution is 2.39. The van der Waals surface area contributed by atoms with Crippen LogP contribution in [-0.4, -0.2) is 17.6 Å². The van der Waals surface area contributed by atoms with Crippen molar-refractivity contribution in [2.45, 2.75) is 39.5 Å². The van der Waals surface area contributed by atoms with E-state index in [1.54, 1.807) is 29.5 Å². The number of fused-ring (bicyclic) bond motifs is 1. The molecule has 1 atom stereocenters. The molecule has 1 aliphatic carbocycles. The molecule has 0 radical (unpaired) electrons. The first-order valence-corrected chi connectivity index (χ1v) is 10.6. The van der Waals surface area contributed by atoms with E-state index in [0.29, 0.717) is 34.4 Å². The van der Waals surface area contributed by atoms with Crippen LogP contribution in [0.2, 0.25) is 0 Å². The highest BCUT2D eigenvalue weighted by atomic mass is 32.1. The standard InChI is InChI=1S/C21H23N3O2S2/c1-3-9-26-15-6-4-5-14(11-15)19(25)23-21(27)24-20-17(12-22)16-8-7-13(2)10-18(16)28-20/h4-6,11,13H,3,7-10H2,1-2H3,(H2,23,24,25,27)/t13-/m0/s1. The number of anilines is 1. The summed E-state index contributed by atoms with van der Waals surface area (Å²) in [6, 6.07) is 9.30. The molecule has 1 heterocycles. The van der Waals surface area contributed by atoms with Gasteiger partial charge in [-0.05, 0) is 67.6 Å². The molecule has 1 aromatic heterocycles. The number of carbonyl (C=O) groups is 1. The lowest BCUT2D eigenvalue weighted by Crippen LogP contribution is -2.34. The zero-order valence-electron chi connectivity index (χ0n) is 16.0. The van der Waals surface area contributed by atoms with Gasteiger partial charge >= 0.3 is 0 Å². The maximum atomic E-state index is 12.5. The van der Waals surface area contributed by atoms with Crippen LogP contribution in [0, 0.1) is 17.2 Å². The Morgan fingerprint density at radius 2 is 2.29 bits per heavy atom. The third-order valence-electron chi connectivity index (χ3n) is 4.65. The highest BCUT2D eigenvalue weighted by Gasteiger charge is 2.24. The van der Waals surface area contributed by atoms with E-state index in [-0.39, 0.29) is 11.0 Å². The lowest BCUT2D eigenvalue weighted by Gasteiger charge is -2.17. The number of hydrogen-bond acceptors (Lipinski definition) is 5. The van der Waals surface area contributed by atoms with Crippen molar-refractivity contribution in [2.24, 2.45) is 5.92 Å². The first-order chi connectivity index (χ1) is 13.5. The van der Waals surface area contributed by atoms with Gasteiger partial charge in [0.25, 0.3) is 5.91 Å². The van der Waals surface area contributed by atoms with Crippen LogP contribution in [0.1, 0.15) is 53.1 Å². The van der Waals surface area contributed by atoms with Gasteiger partial charge < -0.3 is 10.1 Å². The molecule has 1 amide bonds. The molecule has 2 aromatic rings. The Morgan fingerprint density at radius 3 is 3.04 bits per heavy atom. The fourth-order valence-corrected chi connectivity index (χ4v) is 4.84. The number of benzene rings is 1. The largest absolute Gasteiger partial charge is 0.494 e. The molecule has 0 bridgehead atoms. The van der Waals surface area contributed by atoms with Crippen molar-refractivity contribution in [1.29, 1.82) is 5.26 Å². The zero-order valence-corrected chi connectivity index (χ0v) is 17.6. The molecule has 0 aliphatic heterocycles. The second kappa shape index (κ2) is 9.18. The minimum atomic E-state index is -0.312. The number of rotatable bonds is 5. The maximum absolute atomic E-state index is 12.5. The lowest BCUT2D eigenvalue weighted by atomic mass is 9.89. The molecule has 0 saturated heterocycles. The topological polar surface area (TPSA) is 74.2 Å². The molecule has 2 N–H and O–H groups in total. The van der Waals surface area contributed by atoms with Gasteiger partial charge in [0, 0.05) is 10.4 Å². The number of hydrogen-bond donors (Lipinski definition) is 2. The summed E-state index contributed by atoms with van der Waals surface area (Å²) in [6.45, 7) is 4.86. The number of thiophene rings is 1. The minimum absolute atomic E-state index is 0.188. The van der Waals surface area contributed by atoms with Crippen molar-refractivity contribution in [3.63, 3.8) is 0 Å². The molecule has 0 unspecified atom stereocenters. The van der Waals surface area contributed by atoms with Gasteiger partial charge in [0.1, 0.15) is 16.8 Å². The predicted octanol–water partition coefficient (Wildman–Crippen LogP) is 4.66. The average molecular weight is 414 g/mol. The summed E-state index contributed by atoms with van der Waals surface area (Å²) in [6.07, 6.45) is 3.89. The van der Waals surface area contributed by atoms with E-state index >= 15 is 0 Å². The third kappa shape index (κ3) is 4.70. The smallest absolute Gasteiger partial charge is 0.257 e. The molecule has 7 heteroatoms. The van der Waals surface area contributed by atoms with Gasteiger partial charge in [-0.15, -0.1) is 11.3 Å². The average Bonchev–Trinajstić information content (AvgIpc) is 3.02. The molecule has 3 rings (SSSR count). The predicted molar refractivity (Wildman–Crippen MR) is 116 cm³/mol. The van der Waals surface area contributed by atoms with E-state index in [4.69, 9.17) is 17.0 Å². The van der Waals surface area contributed by atoms with Crippen LogP contribution in [0.4, 0.5) is 5.00 Å². The van der Waals surface area contributed by atoms with Crippen molar-refractivity contribution in [3.05, 3.63) is 45.8 Å². The quantitative estimate of drug-likeness (QED) is 0.698. The monoisotopic (exact) mass is 413 g/mol. The van der Waals surface area contributed by atoms with Crippen molar-refractivity contribution in [1.82, 2.24) is 5.32 Å². The van der Waals surface area contributed by atoms with Crippen LogP contribution in [0.5, 0.6) is 5.75 Å². The van der Waals surface area contributed by atoms with E-state index in [1.165, 1.54) is 4.88 Å². The van der Waals surface area contributed by atoms with Crippen molar-refractivity contribution in [3.8, 4) is 11.8 Å². The molecule has 146 valence electrons. The Kier molecular flexibility index (Phi) is 6.65. The highest BCUT2D eigenvalue weighted by molar-refractivity contribution is 7.80. The van der Waals surface area contributed by atoms with Crippen molar-refractivity contribution < 1.29 is 9.53 Å². The number of carbonyl (C=O) groups excluding carboxylic acids is 1. The third-order valence-corrected chi connectivity index (χ3v) is 6.02. The summed E-state index contributed by atoms with van der Waals surface area (Å²) in [5.41, 5.74) is 2.25. The maximum Gasteiger partial charge on any atom is 0.257 e. The van der Waals surface area contributed by atoms with Gasteiger partial charge in [0.2, 0.25) is 0 Å². The Bertz CT molecular complexity index is 930. The summed E-state index contributed by atoms with van der Waals surface area (Å²) in [5.74, 6) is 0.965. The molecule has 28 heavy (non-hydrogen) atoms. The molecule has 1 aromatic carbocycles. The van der Waals surface area contributed by atoms with E-state index in [1.807, 2.05) is 13.0 Å². The second-order valence-electron chi connectivity index (χ2n) is 6.95. The van der Waals surface area contributed by atoms with E-state index in [9.17, 15) is 10.1 Å². The van der Waals surface area contributed by atoms with Crippen LogP contribution in [-0.2, 0) is 12.8 Å². The second-order valence-corrected chi connectivity index (χ2v) is 8.47. The molecule has 5 nitrogen and oxygen atoms in total. The van der Waals surface area contributed by atoms with Crippen molar-refractivity contribution >= 4 is 39.6 Å². The van der Waals surface area contributed by atoms with Gasteiger partial charge in [-0.3, -0.25) is 10.1 Å². The summed E-state index contributed by atoms with van der Waals surface area (Å²) in [7, 11) is 0. The molecule has 0 spiro atoms. The molecule has 1 aliphatic rings. The Hall–Kier alpha value is -2.43. The van der Waals surface area contributed by atoms with Crippen LogP contribution in [0.15, 0.2) is 24.3 Å². The van der Waals surface area contributed by atoms with Crippen LogP contribution >= 0.6 is 23.6 Å². The molecule has 0 saturated carbocycles. The number of ether oxygens (including phenoxy) is 1. The van der Waals surface area contributed by atoms with Crippen LogP contribution in [0.25, 0.3) is 0 Å². The first-order valence-electron chi connectivity index (χ1n) is 9.41. The van der Waals surface area contributed by atoms with Crippen molar-refractivity contribution in [2.75, 3.05) is 11.9 Å². The van der Waals surface area contributed by atoms with Gasteiger partial charge in [-0.25, -0.2) is 0 Å². The Morgan fingerprint density at radius 1 is 1.46 bits per heavy atom.